The number of thioether (sulfide) groups is 1. The van der Waals surface area contributed by atoms with Crippen LogP contribution >= 0.6 is 39.3 Å². The zero-order chi connectivity index (χ0) is 20.4. The minimum absolute atomic E-state index is 0.0873. The van der Waals surface area contributed by atoms with Gasteiger partial charge in [-0.15, -0.1) is 0 Å². The number of nitrogens with zero attached hydrogens (tertiary/aromatic N) is 2. The highest BCUT2D eigenvalue weighted by Gasteiger charge is 2.59. The van der Waals surface area contributed by atoms with Gasteiger partial charge in [0, 0.05) is 15.3 Å². The zero-order valence-electron chi connectivity index (χ0n) is 15.0. The molecular formula is C18H19BrClF3N2OS. The van der Waals surface area contributed by atoms with Gasteiger partial charge in [-0.2, -0.15) is 30.2 Å². The number of hydrogen-bond donors (Lipinski definition) is 0. The molecule has 2 atom stereocenters. The van der Waals surface area contributed by atoms with Crippen molar-refractivity contribution in [2.75, 3.05) is 12.4 Å². The zero-order valence-corrected chi connectivity index (χ0v) is 18.1. The smallest absolute Gasteiger partial charge is 0.272 e. The molecule has 0 fully saturated rings. The predicted molar refractivity (Wildman–Crippen MR) is 105 cm³/mol. The Labute approximate surface area is 174 Å². The van der Waals surface area contributed by atoms with Crippen LogP contribution in [0.4, 0.5) is 13.2 Å². The average molecular weight is 484 g/mol. The minimum atomic E-state index is -4.68. The monoisotopic (exact) mass is 482 g/mol. The third-order valence-corrected chi connectivity index (χ3v) is 6.40. The van der Waals surface area contributed by atoms with Crippen LogP contribution in [-0.4, -0.2) is 28.8 Å². The first-order chi connectivity index (χ1) is 12.5. The molecule has 1 aromatic rings. The molecule has 0 amide bonds. The largest absolute Gasteiger partial charge is 0.434 e. The first-order valence-electron chi connectivity index (χ1n) is 8.20. The molecule has 0 saturated carbocycles. The highest BCUT2D eigenvalue weighted by molar-refractivity contribution is 9.11. The van der Waals surface area contributed by atoms with Crippen molar-refractivity contribution in [3.8, 4) is 6.07 Å². The number of alkyl halides is 3. The first-order valence-corrected chi connectivity index (χ1v) is 10.4. The lowest BCUT2D eigenvalue weighted by molar-refractivity contribution is -0.230. The summed E-state index contributed by atoms with van der Waals surface area (Å²) in [6, 6.07) is 8.40. The molecule has 2 rings (SSSR count). The van der Waals surface area contributed by atoms with Gasteiger partial charge in [-0.25, -0.2) is 5.06 Å². The van der Waals surface area contributed by atoms with E-state index in [0.29, 0.717) is 21.6 Å². The SMILES string of the molecule is CC(C)SCCON1C(C(F)(F)F)=C(Br)C(C#N)C1(C)c1ccc(Cl)cc1. The van der Waals surface area contributed by atoms with Crippen LogP contribution in [0.3, 0.4) is 0 Å². The first kappa shape index (κ1) is 22.4. The van der Waals surface area contributed by atoms with Crippen molar-refractivity contribution in [2.24, 2.45) is 5.92 Å². The lowest BCUT2D eigenvalue weighted by Crippen LogP contribution is -2.46. The summed E-state index contributed by atoms with van der Waals surface area (Å²) in [5.41, 5.74) is -1.84. The van der Waals surface area contributed by atoms with E-state index in [-0.39, 0.29) is 11.1 Å². The second-order valence-electron chi connectivity index (χ2n) is 6.46. The van der Waals surface area contributed by atoms with Gasteiger partial charge in [-0.05, 0) is 29.9 Å². The van der Waals surface area contributed by atoms with E-state index in [4.69, 9.17) is 16.4 Å². The van der Waals surface area contributed by atoms with Crippen molar-refractivity contribution in [3.05, 3.63) is 45.0 Å². The molecule has 1 aromatic carbocycles. The molecule has 0 N–H and O–H groups in total. The number of halogens is 5. The Morgan fingerprint density at radius 3 is 2.44 bits per heavy atom. The van der Waals surface area contributed by atoms with Crippen LogP contribution in [0.25, 0.3) is 0 Å². The van der Waals surface area contributed by atoms with Crippen LogP contribution in [0.2, 0.25) is 5.02 Å². The van der Waals surface area contributed by atoms with Crippen molar-refractivity contribution in [1.29, 1.82) is 5.26 Å². The molecule has 9 heteroatoms. The molecule has 148 valence electrons. The van der Waals surface area contributed by atoms with Crippen molar-refractivity contribution >= 4 is 39.3 Å². The molecule has 0 spiro atoms. The van der Waals surface area contributed by atoms with Gasteiger partial charge in [0.25, 0.3) is 0 Å². The maximum absolute atomic E-state index is 13.8. The molecule has 0 aromatic heterocycles. The number of hydroxylamine groups is 2. The Balaban J connectivity index is 2.47. The molecule has 0 saturated heterocycles. The van der Waals surface area contributed by atoms with Crippen LogP contribution in [0.15, 0.2) is 34.4 Å². The topological polar surface area (TPSA) is 36.3 Å². The van der Waals surface area contributed by atoms with E-state index in [1.165, 1.54) is 0 Å². The van der Waals surface area contributed by atoms with E-state index in [1.807, 2.05) is 19.9 Å². The summed E-state index contributed by atoms with van der Waals surface area (Å²) in [6.45, 7) is 5.66. The number of allylic oxidation sites excluding steroid dienone is 1. The molecule has 1 heterocycles. The minimum Gasteiger partial charge on any atom is -0.272 e. The van der Waals surface area contributed by atoms with Crippen LogP contribution < -0.4 is 0 Å². The van der Waals surface area contributed by atoms with Crippen LogP contribution in [0.5, 0.6) is 0 Å². The van der Waals surface area contributed by atoms with Crippen LogP contribution in [-0.2, 0) is 10.4 Å². The fourth-order valence-corrected chi connectivity index (χ4v) is 4.65. The molecule has 0 radical (unpaired) electrons. The average Bonchev–Trinajstić information content (AvgIpc) is 2.79. The second-order valence-corrected chi connectivity index (χ2v) is 9.43. The second kappa shape index (κ2) is 8.64. The molecule has 0 bridgehead atoms. The van der Waals surface area contributed by atoms with Gasteiger partial charge in [-0.1, -0.05) is 53.5 Å². The lowest BCUT2D eigenvalue weighted by Gasteiger charge is -2.39. The maximum atomic E-state index is 13.8. The predicted octanol–water partition coefficient (Wildman–Crippen LogP) is 6.25. The summed E-state index contributed by atoms with van der Waals surface area (Å²) in [5, 5.41) is 11.3. The highest BCUT2D eigenvalue weighted by Crippen LogP contribution is 2.54. The Hall–Kier alpha value is -0.880. The summed E-state index contributed by atoms with van der Waals surface area (Å²) in [6.07, 6.45) is -4.68. The molecule has 2 unspecified atom stereocenters. The number of nitriles is 1. The summed E-state index contributed by atoms with van der Waals surface area (Å²) in [4.78, 5) is 5.62. The van der Waals surface area contributed by atoms with E-state index in [9.17, 15) is 18.4 Å². The Morgan fingerprint density at radius 1 is 1.37 bits per heavy atom. The van der Waals surface area contributed by atoms with Gasteiger partial charge in [-0.3, -0.25) is 4.84 Å². The molecular weight excluding hydrogens is 465 g/mol. The van der Waals surface area contributed by atoms with Crippen molar-refractivity contribution < 1.29 is 18.0 Å². The Kier molecular flexibility index (Phi) is 7.17. The van der Waals surface area contributed by atoms with Gasteiger partial charge in [0.15, 0.2) is 5.70 Å². The highest BCUT2D eigenvalue weighted by atomic mass is 79.9. The summed E-state index contributed by atoms with van der Waals surface area (Å²) >= 11 is 10.5. The molecule has 0 aliphatic carbocycles. The summed E-state index contributed by atoms with van der Waals surface area (Å²) < 4.78 is 41.1. The lowest BCUT2D eigenvalue weighted by atomic mass is 9.82. The van der Waals surface area contributed by atoms with E-state index in [2.05, 4.69) is 15.9 Å². The van der Waals surface area contributed by atoms with Crippen LogP contribution in [0.1, 0.15) is 26.3 Å². The van der Waals surface area contributed by atoms with Crippen molar-refractivity contribution in [3.63, 3.8) is 0 Å². The van der Waals surface area contributed by atoms with Gasteiger partial charge in [0.1, 0.15) is 11.5 Å². The Morgan fingerprint density at radius 2 is 1.96 bits per heavy atom. The molecule has 1 aliphatic heterocycles. The van der Waals surface area contributed by atoms with Gasteiger partial charge < -0.3 is 0 Å². The van der Waals surface area contributed by atoms with E-state index in [1.54, 1.807) is 43.0 Å². The van der Waals surface area contributed by atoms with Crippen molar-refractivity contribution in [1.82, 2.24) is 5.06 Å². The van der Waals surface area contributed by atoms with E-state index < -0.39 is 23.3 Å². The maximum Gasteiger partial charge on any atom is 0.434 e. The van der Waals surface area contributed by atoms with Gasteiger partial charge >= 0.3 is 6.18 Å². The third kappa shape index (κ3) is 4.58. The standard InChI is InChI=1S/C18H19BrClF3N2OS/c1-11(2)27-9-8-26-25-16(18(21,22)23)15(19)14(10-24)17(25,3)12-4-6-13(20)7-5-12/h4-7,11,14H,8-9H2,1-3H3. The number of hydrogen-bond acceptors (Lipinski definition) is 4. The quantitative estimate of drug-likeness (QED) is 0.448. The summed E-state index contributed by atoms with van der Waals surface area (Å²) in [5.74, 6) is -0.557. The Bertz CT molecular complexity index is 748. The number of rotatable bonds is 6. The summed E-state index contributed by atoms with van der Waals surface area (Å²) in [7, 11) is 0. The van der Waals surface area contributed by atoms with Gasteiger partial charge in [0.2, 0.25) is 0 Å². The molecule has 27 heavy (non-hydrogen) atoms. The van der Waals surface area contributed by atoms with E-state index in [0.717, 1.165) is 5.06 Å². The fraction of sp³-hybridized carbons (Fsp3) is 0.500. The fourth-order valence-electron chi connectivity index (χ4n) is 2.95. The third-order valence-electron chi connectivity index (χ3n) is 4.25. The number of benzene rings is 1. The van der Waals surface area contributed by atoms with Crippen molar-refractivity contribution in [2.45, 2.75) is 37.7 Å². The van der Waals surface area contributed by atoms with Crippen LogP contribution in [0, 0.1) is 17.2 Å². The normalized spacial score (nSPS) is 23.3. The molecule has 1 aliphatic rings. The van der Waals surface area contributed by atoms with Gasteiger partial charge in [0.05, 0.1) is 12.7 Å². The van der Waals surface area contributed by atoms with E-state index >= 15 is 0 Å². The molecule has 3 nitrogen and oxygen atoms in total.